The lowest BCUT2D eigenvalue weighted by Gasteiger charge is -2.35. The molecule has 1 aliphatic heterocycles. The highest BCUT2D eigenvalue weighted by molar-refractivity contribution is 5.93. The molecule has 1 aromatic heterocycles. The van der Waals surface area contributed by atoms with Gasteiger partial charge in [-0.3, -0.25) is 14.3 Å². The summed E-state index contributed by atoms with van der Waals surface area (Å²) in [6, 6.07) is 1.87. The zero-order chi connectivity index (χ0) is 15.9. The van der Waals surface area contributed by atoms with Crippen LogP contribution in [0.2, 0.25) is 0 Å². The van der Waals surface area contributed by atoms with Gasteiger partial charge in [0.05, 0.1) is 0 Å². The van der Waals surface area contributed by atoms with Gasteiger partial charge < -0.3 is 10.2 Å². The van der Waals surface area contributed by atoms with E-state index in [0.717, 1.165) is 18.5 Å². The van der Waals surface area contributed by atoms with Crippen LogP contribution in [0.25, 0.3) is 0 Å². The first-order valence-electron chi connectivity index (χ1n) is 7.69. The van der Waals surface area contributed by atoms with Crippen molar-refractivity contribution in [3.8, 4) is 0 Å². The first-order chi connectivity index (χ1) is 10.4. The second kappa shape index (κ2) is 5.37. The van der Waals surface area contributed by atoms with Gasteiger partial charge in [-0.15, -0.1) is 0 Å². The molecule has 120 valence electrons. The van der Waals surface area contributed by atoms with Crippen molar-refractivity contribution in [2.75, 3.05) is 13.1 Å². The molecule has 1 aromatic rings. The summed E-state index contributed by atoms with van der Waals surface area (Å²) in [5.41, 5.74) is -0.586. The number of carbonyl (C=O) groups is 2. The minimum absolute atomic E-state index is 0.0448. The summed E-state index contributed by atoms with van der Waals surface area (Å²) in [6.45, 7) is 2.35. The van der Waals surface area contributed by atoms with Crippen LogP contribution in [-0.2, 0) is 11.8 Å². The van der Waals surface area contributed by atoms with Crippen LogP contribution < -0.4 is 5.32 Å². The number of piperidine rings is 1. The average Bonchev–Trinajstić information content (AvgIpc) is 3.24. The van der Waals surface area contributed by atoms with E-state index in [9.17, 15) is 14.0 Å². The molecule has 2 heterocycles. The number of alkyl halides is 1. The van der Waals surface area contributed by atoms with Crippen LogP contribution in [0.1, 0.15) is 41.9 Å². The smallest absolute Gasteiger partial charge is 0.274 e. The molecule has 1 aliphatic carbocycles. The topological polar surface area (TPSA) is 67.2 Å². The van der Waals surface area contributed by atoms with Gasteiger partial charge in [0.15, 0.2) is 11.4 Å². The number of aryl methyl sites for hydroxylation is 2. The van der Waals surface area contributed by atoms with E-state index in [1.165, 1.54) is 0 Å². The Morgan fingerprint density at radius 2 is 2.00 bits per heavy atom. The van der Waals surface area contributed by atoms with Crippen molar-refractivity contribution in [2.24, 2.45) is 7.05 Å². The molecule has 0 bridgehead atoms. The van der Waals surface area contributed by atoms with Gasteiger partial charge in [-0.1, -0.05) is 0 Å². The Morgan fingerprint density at radius 1 is 1.36 bits per heavy atom. The second-order valence-corrected chi connectivity index (χ2v) is 6.30. The van der Waals surface area contributed by atoms with Gasteiger partial charge in [0.25, 0.3) is 11.8 Å². The van der Waals surface area contributed by atoms with Crippen molar-refractivity contribution in [2.45, 2.75) is 44.3 Å². The molecule has 0 radical (unpaired) electrons. The molecule has 3 rings (SSSR count). The van der Waals surface area contributed by atoms with E-state index in [1.807, 2.05) is 6.92 Å². The number of nitrogens with zero attached hydrogens (tertiary/aromatic N) is 3. The number of hydrogen-bond acceptors (Lipinski definition) is 3. The summed E-state index contributed by atoms with van der Waals surface area (Å²) < 4.78 is 16.3. The normalized spacial score (nSPS) is 20.8. The number of aromatic nitrogens is 2. The Labute approximate surface area is 128 Å². The molecule has 1 saturated heterocycles. The highest BCUT2D eigenvalue weighted by Crippen LogP contribution is 2.29. The number of likely N-dealkylation sites (tertiary alicyclic amines) is 1. The van der Waals surface area contributed by atoms with E-state index >= 15 is 0 Å². The van der Waals surface area contributed by atoms with Crippen molar-refractivity contribution in [1.82, 2.24) is 20.0 Å². The zero-order valence-electron chi connectivity index (χ0n) is 12.9. The summed E-state index contributed by atoms with van der Waals surface area (Å²) in [7, 11) is 1.77. The highest BCUT2D eigenvalue weighted by Gasteiger charge is 2.44. The molecule has 0 spiro atoms. The predicted octanol–water partition coefficient (Wildman–Crippen LogP) is 0.951. The van der Waals surface area contributed by atoms with Gasteiger partial charge >= 0.3 is 0 Å². The fourth-order valence-corrected chi connectivity index (χ4v) is 2.66. The summed E-state index contributed by atoms with van der Waals surface area (Å²) in [6.07, 6.45) is 1.96. The first-order valence-corrected chi connectivity index (χ1v) is 7.69. The lowest BCUT2D eigenvalue weighted by molar-refractivity contribution is -0.135. The lowest BCUT2D eigenvalue weighted by atomic mass is 9.92. The predicted molar refractivity (Wildman–Crippen MR) is 78.1 cm³/mol. The van der Waals surface area contributed by atoms with Crippen LogP contribution in [0.15, 0.2) is 6.07 Å². The summed E-state index contributed by atoms with van der Waals surface area (Å²) in [5, 5.41) is 6.87. The van der Waals surface area contributed by atoms with Crippen molar-refractivity contribution in [1.29, 1.82) is 0 Å². The molecule has 2 fully saturated rings. The van der Waals surface area contributed by atoms with E-state index in [-0.39, 0.29) is 37.9 Å². The Morgan fingerprint density at radius 3 is 2.50 bits per heavy atom. The third-order valence-electron chi connectivity index (χ3n) is 4.50. The van der Waals surface area contributed by atoms with Gasteiger partial charge in [-0.2, -0.15) is 5.10 Å². The average molecular weight is 308 g/mol. The molecule has 7 heteroatoms. The quantitative estimate of drug-likeness (QED) is 0.904. The standard InChI is InChI=1S/C15H21FN4O2/c1-10-9-12(18-19(10)2)13(21)20-7-5-15(16,6-8-20)14(22)17-11-3-4-11/h9,11H,3-8H2,1-2H3,(H,17,22). The maximum atomic E-state index is 14.7. The van der Waals surface area contributed by atoms with Gasteiger partial charge in [-0.25, -0.2) is 4.39 Å². The number of rotatable bonds is 3. The van der Waals surface area contributed by atoms with Crippen LogP contribution in [0.4, 0.5) is 4.39 Å². The molecule has 2 aliphatic rings. The highest BCUT2D eigenvalue weighted by atomic mass is 19.1. The van der Waals surface area contributed by atoms with E-state index < -0.39 is 11.6 Å². The maximum absolute atomic E-state index is 14.7. The zero-order valence-corrected chi connectivity index (χ0v) is 12.9. The molecule has 1 N–H and O–H groups in total. The summed E-state index contributed by atoms with van der Waals surface area (Å²) in [5.74, 6) is -0.718. The fourth-order valence-electron chi connectivity index (χ4n) is 2.66. The van der Waals surface area contributed by atoms with Gasteiger partial charge in [0.2, 0.25) is 0 Å². The number of hydrogen-bond donors (Lipinski definition) is 1. The Kier molecular flexibility index (Phi) is 3.66. The molecular weight excluding hydrogens is 287 g/mol. The van der Waals surface area contributed by atoms with Crippen molar-refractivity contribution < 1.29 is 14.0 Å². The van der Waals surface area contributed by atoms with E-state index in [1.54, 1.807) is 22.7 Å². The van der Waals surface area contributed by atoms with E-state index in [0.29, 0.717) is 5.69 Å². The van der Waals surface area contributed by atoms with Crippen LogP contribution >= 0.6 is 0 Å². The Hall–Kier alpha value is -1.92. The SMILES string of the molecule is Cc1cc(C(=O)N2CCC(F)(C(=O)NC3CC3)CC2)nn1C. The van der Waals surface area contributed by atoms with Gasteiger partial charge in [0, 0.05) is 44.7 Å². The molecule has 1 saturated carbocycles. The maximum Gasteiger partial charge on any atom is 0.274 e. The van der Waals surface area contributed by atoms with E-state index in [2.05, 4.69) is 10.4 Å². The van der Waals surface area contributed by atoms with E-state index in [4.69, 9.17) is 0 Å². The lowest BCUT2D eigenvalue weighted by Crippen LogP contribution is -2.52. The van der Waals surface area contributed by atoms with Crippen LogP contribution in [-0.4, -0.2) is 51.3 Å². The van der Waals surface area contributed by atoms with Crippen molar-refractivity contribution >= 4 is 11.8 Å². The molecular formula is C15H21FN4O2. The molecule has 6 nitrogen and oxygen atoms in total. The van der Waals surface area contributed by atoms with Crippen molar-refractivity contribution in [3.05, 3.63) is 17.5 Å². The first kappa shape index (κ1) is 15.0. The minimum atomic E-state index is -1.85. The molecule has 2 amide bonds. The third kappa shape index (κ3) is 2.84. The Balaban J connectivity index is 1.60. The molecule has 0 unspecified atom stereocenters. The van der Waals surface area contributed by atoms with Crippen LogP contribution in [0, 0.1) is 6.92 Å². The Bertz CT molecular complexity index is 581. The number of nitrogens with one attached hydrogen (secondary N) is 1. The second-order valence-electron chi connectivity index (χ2n) is 6.30. The third-order valence-corrected chi connectivity index (χ3v) is 4.50. The van der Waals surface area contributed by atoms with Crippen LogP contribution in [0.5, 0.6) is 0 Å². The number of halogens is 1. The molecule has 0 aromatic carbocycles. The summed E-state index contributed by atoms with van der Waals surface area (Å²) in [4.78, 5) is 25.9. The largest absolute Gasteiger partial charge is 0.351 e. The van der Waals surface area contributed by atoms with Crippen LogP contribution in [0.3, 0.4) is 0 Å². The summed E-state index contributed by atoms with van der Waals surface area (Å²) >= 11 is 0. The van der Waals surface area contributed by atoms with Gasteiger partial charge in [0.1, 0.15) is 0 Å². The van der Waals surface area contributed by atoms with Gasteiger partial charge in [-0.05, 0) is 25.8 Å². The monoisotopic (exact) mass is 308 g/mol. The van der Waals surface area contributed by atoms with Crippen molar-refractivity contribution in [3.63, 3.8) is 0 Å². The molecule has 22 heavy (non-hydrogen) atoms. The number of carbonyl (C=O) groups excluding carboxylic acids is 2. The minimum Gasteiger partial charge on any atom is -0.351 e. The fraction of sp³-hybridized carbons (Fsp3) is 0.667. The molecule has 0 atom stereocenters. The number of amides is 2.